The summed E-state index contributed by atoms with van der Waals surface area (Å²) in [5, 5.41) is 7.51. The van der Waals surface area contributed by atoms with Gasteiger partial charge in [0, 0.05) is 19.0 Å². The molecule has 0 aliphatic heterocycles. The van der Waals surface area contributed by atoms with Crippen molar-refractivity contribution in [1.82, 2.24) is 15.5 Å². The van der Waals surface area contributed by atoms with E-state index in [2.05, 4.69) is 15.5 Å². The summed E-state index contributed by atoms with van der Waals surface area (Å²) >= 11 is 0. The number of hydrogen-bond acceptors (Lipinski definition) is 4. The van der Waals surface area contributed by atoms with E-state index in [9.17, 15) is 4.39 Å². The first-order chi connectivity index (χ1) is 10.1. The molecule has 1 aliphatic rings. The Hall–Kier alpha value is -1.75. The van der Waals surface area contributed by atoms with Crippen molar-refractivity contribution in [3.63, 3.8) is 0 Å². The van der Waals surface area contributed by atoms with Crippen molar-refractivity contribution in [2.24, 2.45) is 0 Å². The van der Waals surface area contributed by atoms with Gasteiger partial charge in [0.15, 0.2) is 5.82 Å². The van der Waals surface area contributed by atoms with Crippen LogP contribution in [0.2, 0.25) is 0 Å². The van der Waals surface area contributed by atoms with Gasteiger partial charge in [0.2, 0.25) is 5.89 Å². The number of halogens is 1. The number of aromatic nitrogens is 2. The van der Waals surface area contributed by atoms with Gasteiger partial charge in [0.05, 0.1) is 5.41 Å². The predicted molar refractivity (Wildman–Crippen MR) is 77.6 cm³/mol. The van der Waals surface area contributed by atoms with Crippen molar-refractivity contribution in [3.8, 4) is 0 Å². The van der Waals surface area contributed by atoms with E-state index in [-0.39, 0.29) is 5.82 Å². The van der Waals surface area contributed by atoms with Crippen LogP contribution < -0.4 is 5.32 Å². The molecule has 5 heteroatoms. The van der Waals surface area contributed by atoms with Crippen LogP contribution in [0.3, 0.4) is 0 Å². The minimum Gasteiger partial charge on any atom is -0.339 e. The van der Waals surface area contributed by atoms with E-state index < -0.39 is 5.41 Å². The number of nitrogens with zero attached hydrogens (tertiary/aromatic N) is 2. The molecule has 1 aromatic carbocycles. The van der Waals surface area contributed by atoms with E-state index in [1.807, 2.05) is 13.8 Å². The number of rotatable bonds is 6. The van der Waals surface area contributed by atoms with Gasteiger partial charge in [-0.1, -0.05) is 17.3 Å². The van der Waals surface area contributed by atoms with E-state index in [1.165, 1.54) is 25.0 Å². The third-order valence-electron chi connectivity index (χ3n) is 3.94. The average Bonchev–Trinajstić information content (AvgIpc) is 3.15. The maximum absolute atomic E-state index is 13.0. The molecule has 1 aliphatic carbocycles. The Labute approximate surface area is 123 Å². The second kappa shape index (κ2) is 5.56. The van der Waals surface area contributed by atoms with Gasteiger partial charge in [-0.2, -0.15) is 4.98 Å². The van der Waals surface area contributed by atoms with Gasteiger partial charge < -0.3 is 9.84 Å². The van der Waals surface area contributed by atoms with Crippen LogP contribution in [0.5, 0.6) is 0 Å². The molecule has 0 unspecified atom stereocenters. The van der Waals surface area contributed by atoms with Gasteiger partial charge in [-0.15, -0.1) is 0 Å². The van der Waals surface area contributed by atoms with Gasteiger partial charge >= 0.3 is 0 Å². The van der Waals surface area contributed by atoms with Crippen molar-refractivity contribution in [2.75, 3.05) is 6.54 Å². The maximum Gasteiger partial charge on any atom is 0.227 e. The van der Waals surface area contributed by atoms with Crippen LogP contribution in [0.15, 0.2) is 28.8 Å². The Morgan fingerprint density at radius 3 is 2.67 bits per heavy atom. The molecule has 3 rings (SSSR count). The SMILES string of the molecule is CC(C)(c1ccc(F)cc1)c1noc(CCNC2CC2)n1. The highest BCUT2D eigenvalue weighted by Gasteiger charge is 2.29. The maximum atomic E-state index is 13.0. The first kappa shape index (κ1) is 14.2. The van der Waals surface area contributed by atoms with Crippen LogP contribution >= 0.6 is 0 Å². The second-order valence-electron chi connectivity index (χ2n) is 6.12. The van der Waals surface area contributed by atoms with Crippen LogP contribution in [0.1, 0.15) is 44.0 Å². The quantitative estimate of drug-likeness (QED) is 0.888. The summed E-state index contributed by atoms with van der Waals surface area (Å²) in [5.74, 6) is 1.04. The lowest BCUT2D eigenvalue weighted by Crippen LogP contribution is -2.21. The number of hydrogen-bond donors (Lipinski definition) is 1. The molecular weight excluding hydrogens is 269 g/mol. The lowest BCUT2D eigenvalue weighted by Gasteiger charge is -2.20. The van der Waals surface area contributed by atoms with Gasteiger partial charge in [0.1, 0.15) is 5.82 Å². The number of nitrogens with one attached hydrogen (secondary N) is 1. The van der Waals surface area contributed by atoms with Gasteiger partial charge in [0.25, 0.3) is 0 Å². The normalized spacial score (nSPS) is 15.4. The van der Waals surface area contributed by atoms with Crippen molar-refractivity contribution < 1.29 is 8.91 Å². The molecule has 0 spiro atoms. The summed E-state index contributed by atoms with van der Waals surface area (Å²) in [4.78, 5) is 4.49. The van der Waals surface area contributed by atoms with E-state index in [0.717, 1.165) is 18.5 Å². The molecule has 21 heavy (non-hydrogen) atoms. The molecule has 0 saturated heterocycles. The second-order valence-corrected chi connectivity index (χ2v) is 6.12. The molecule has 0 amide bonds. The fourth-order valence-electron chi connectivity index (χ4n) is 2.28. The van der Waals surface area contributed by atoms with E-state index in [1.54, 1.807) is 12.1 Å². The summed E-state index contributed by atoms with van der Waals surface area (Å²) in [5.41, 5.74) is 0.562. The molecular formula is C16H20FN3O. The lowest BCUT2D eigenvalue weighted by molar-refractivity contribution is 0.363. The van der Waals surface area contributed by atoms with Crippen LogP contribution in [-0.2, 0) is 11.8 Å². The Morgan fingerprint density at radius 2 is 2.00 bits per heavy atom. The van der Waals surface area contributed by atoms with Crippen molar-refractivity contribution in [1.29, 1.82) is 0 Å². The third-order valence-corrected chi connectivity index (χ3v) is 3.94. The molecule has 0 radical (unpaired) electrons. The number of benzene rings is 1. The molecule has 1 aromatic heterocycles. The monoisotopic (exact) mass is 289 g/mol. The highest BCUT2D eigenvalue weighted by atomic mass is 19.1. The smallest absolute Gasteiger partial charge is 0.227 e. The van der Waals surface area contributed by atoms with E-state index in [0.29, 0.717) is 17.8 Å². The summed E-state index contributed by atoms with van der Waals surface area (Å²) in [7, 11) is 0. The molecule has 0 atom stereocenters. The van der Waals surface area contributed by atoms with Crippen LogP contribution in [0, 0.1) is 5.82 Å². The van der Waals surface area contributed by atoms with Crippen molar-refractivity contribution >= 4 is 0 Å². The third kappa shape index (κ3) is 3.29. The largest absolute Gasteiger partial charge is 0.339 e. The molecule has 2 aromatic rings. The minimum absolute atomic E-state index is 0.241. The van der Waals surface area contributed by atoms with E-state index in [4.69, 9.17) is 4.52 Å². The molecule has 1 saturated carbocycles. The summed E-state index contributed by atoms with van der Waals surface area (Å²) in [6, 6.07) is 7.12. The Bertz CT molecular complexity index is 602. The summed E-state index contributed by atoms with van der Waals surface area (Å²) in [6.45, 7) is 4.89. The van der Waals surface area contributed by atoms with Crippen LogP contribution in [0.25, 0.3) is 0 Å². The van der Waals surface area contributed by atoms with Gasteiger partial charge in [-0.3, -0.25) is 0 Å². The van der Waals surface area contributed by atoms with Crippen LogP contribution in [0.4, 0.5) is 4.39 Å². The van der Waals surface area contributed by atoms with Crippen molar-refractivity contribution in [2.45, 2.75) is 44.6 Å². The topological polar surface area (TPSA) is 51.0 Å². The first-order valence-electron chi connectivity index (χ1n) is 7.38. The van der Waals surface area contributed by atoms with Crippen molar-refractivity contribution in [3.05, 3.63) is 47.4 Å². The highest BCUT2D eigenvalue weighted by Crippen LogP contribution is 2.29. The molecule has 1 heterocycles. The predicted octanol–water partition coefficient (Wildman–Crippen LogP) is 2.83. The fraction of sp³-hybridized carbons (Fsp3) is 0.500. The van der Waals surface area contributed by atoms with Gasteiger partial charge in [-0.05, 0) is 44.4 Å². The highest BCUT2D eigenvalue weighted by molar-refractivity contribution is 5.30. The zero-order valence-corrected chi connectivity index (χ0v) is 12.4. The summed E-state index contributed by atoms with van der Waals surface area (Å²) < 4.78 is 18.4. The minimum atomic E-state index is -0.403. The molecule has 4 nitrogen and oxygen atoms in total. The molecule has 0 bridgehead atoms. The lowest BCUT2D eigenvalue weighted by atomic mass is 9.84. The Balaban J connectivity index is 1.69. The Kier molecular flexibility index (Phi) is 3.76. The Morgan fingerprint density at radius 1 is 1.29 bits per heavy atom. The van der Waals surface area contributed by atoms with E-state index >= 15 is 0 Å². The molecule has 112 valence electrons. The van der Waals surface area contributed by atoms with Gasteiger partial charge in [-0.25, -0.2) is 4.39 Å². The zero-order chi connectivity index (χ0) is 14.9. The van der Waals surface area contributed by atoms with Crippen LogP contribution in [-0.4, -0.2) is 22.7 Å². The molecule has 1 fully saturated rings. The summed E-state index contributed by atoms with van der Waals surface area (Å²) in [6.07, 6.45) is 3.28. The first-order valence-corrected chi connectivity index (χ1v) is 7.38. The fourth-order valence-corrected chi connectivity index (χ4v) is 2.28. The zero-order valence-electron chi connectivity index (χ0n) is 12.4. The standard InChI is InChI=1S/C16H20FN3O/c1-16(2,11-3-5-12(17)6-4-11)15-19-14(21-20-15)9-10-18-13-7-8-13/h3-6,13,18H,7-10H2,1-2H3. The molecule has 1 N–H and O–H groups in total. The average molecular weight is 289 g/mol.